The van der Waals surface area contributed by atoms with E-state index in [1.54, 1.807) is 4.90 Å². The van der Waals surface area contributed by atoms with Gasteiger partial charge in [-0.15, -0.1) is 0 Å². The molecule has 2 aromatic rings. The van der Waals surface area contributed by atoms with Gasteiger partial charge < -0.3 is 0 Å². The van der Waals surface area contributed by atoms with Gasteiger partial charge in [-0.3, -0.25) is 9.45 Å². The smallest absolute Gasteiger partial charge is 0.281 e. The Labute approximate surface area is 125 Å². The van der Waals surface area contributed by atoms with Crippen LogP contribution in [0, 0.1) is 0 Å². The number of rotatable bonds is 6. The molecule has 0 aliphatic rings. The topological polar surface area (TPSA) is 57.6 Å². The highest BCUT2D eigenvalue weighted by Crippen LogP contribution is 2.16. The Morgan fingerprint density at radius 3 is 1.62 bits per heavy atom. The van der Waals surface area contributed by atoms with Crippen LogP contribution in [0.15, 0.2) is 60.7 Å². The maximum Gasteiger partial charge on any atom is 0.281 e. The summed E-state index contributed by atoms with van der Waals surface area (Å²) in [5.41, 5.74) is 2.01. The number of benzene rings is 2. The second-order valence-electron chi connectivity index (χ2n) is 4.99. The molecule has 4 nitrogen and oxygen atoms in total. The summed E-state index contributed by atoms with van der Waals surface area (Å²) in [6.07, 6.45) is 0. The Kier molecular flexibility index (Phi) is 5.12. The lowest BCUT2D eigenvalue weighted by molar-refractivity contribution is 0.230. The van der Waals surface area contributed by atoms with Gasteiger partial charge >= 0.3 is 0 Å². The molecule has 0 saturated heterocycles. The molecule has 0 spiro atoms. The van der Waals surface area contributed by atoms with Crippen molar-refractivity contribution in [2.24, 2.45) is 0 Å². The number of hydrogen-bond donors (Lipinski definition) is 1. The SMILES string of the molecule is CC(N(Cc1ccccc1)Cc1ccccc1)S(=O)(=O)O. The highest BCUT2D eigenvalue weighted by atomic mass is 32.2. The lowest BCUT2D eigenvalue weighted by Gasteiger charge is -2.27. The Hall–Kier alpha value is -1.69. The minimum absolute atomic E-state index is 0.455. The van der Waals surface area contributed by atoms with Crippen molar-refractivity contribution in [2.45, 2.75) is 25.4 Å². The molecule has 2 rings (SSSR count). The Bertz CT molecular complexity index is 615. The molecule has 0 amide bonds. The van der Waals surface area contributed by atoms with Gasteiger partial charge in [0.15, 0.2) is 0 Å². The third-order valence-electron chi connectivity index (χ3n) is 3.40. The van der Waals surface area contributed by atoms with Gasteiger partial charge in [-0.1, -0.05) is 60.7 Å². The molecular weight excluding hydrogens is 286 g/mol. The molecule has 0 radical (unpaired) electrons. The van der Waals surface area contributed by atoms with Gasteiger partial charge in [0.2, 0.25) is 0 Å². The summed E-state index contributed by atoms with van der Waals surface area (Å²) in [6.45, 7) is 2.41. The van der Waals surface area contributed by atoms with E-state index in [-0.39, 0.29) is 0 Å². The monoisotopic (exact) mass is 305 g/mol. The fourth-order valence-corrected chi connectivity index (χ4v) is 2.66. The zero-order valence-electron chi connectivity index (χ0n) is 11.9. The standard InChI is InChI=1S/C16H19NO3S/c1-14(21(18,19)20)17(12-15-8-4-2-5-9-15)13-16-10-6-3-7-11-16/h2-11,14H,12-13H2,1H3,(H,18,19,20). The summed E-state index contributed by atoms with van der Waals surface area (Å²) in [5, 5.41) is -0.960. The third-order valence-corrected chi connectivity index (χ3v) is 4.56. The lowest BCUT2D eigenvalue weighted by Crippen LogP contribution is -2.37. The summed E-state index contributed by atoms with van der Waals surface area (Å²) in [7, 11) is -4.12. The Morgan fingerprint density at radius 1 is 0.905 bits per heavy atom. The van der Waals surface area contributed by atoms with Crippen LogP contribution in [0.25, 0.3) is 0 Å². The third kappa shape index (κ3) is 4.67. The van der Waals surface area contributed by atoms with E-state index in [9.17, 15) is 13.0 Å². The van der Waals surface area contributed by atoms with Crippen LogP contribution in [-0.4, -0.2) is 23.2 Å². The van der Waals surface area contributed by atoms with Crippen molar-refractivity contribution < 1.29 is 13.0 Å². The molecule has 21 heavy (non-hydrogen) atoms. The molecule has 0 saturated carbocycles. The van der Waals surface area contributed by atoms with Gasteiger partial charge in [-0.05, 0) is 18.1 Å². The molecule has 0 aliphatic carbocycles. The van der Waals surface area contributed by atoms with Crippen molar-refractivity contribution in [1.29, 1.82) is 0 Å². The van der Waals surface area contributed by atoms with E-state index >= 15 is 0 Å². The van der Waals surface area contributed by atoms with Crippen LogP contribution in [-0.2, 0) is 23.2 Å². The fourth-order valence-electron chi connectivity index (χ4n) is 2.14. The normalized spacial score (nSPS) is 13.3. The number of hydrogen-bond acceptors (Lipinski definition) is 3. The highest BCUT2D eigenvalue weighted by Gasteiger charge is 2.25. The van der Waals surface area contributed by atoms with Crippen molar-refractivity contribution in [3.63, 3.8) is 0 Å². The van der Waals surface area contributed by atoms with Gasteiger partial charge in [-0.2, -0.15) is 8.42 Å². The van der Waals surface area contributed by atoms with Gasteiger partial charge in [0, 0.05) is 13.1 Å². The summed E-state index contributed by atoms with van der Waals surface area (Å²) in [5.74, 6) is 0. The van der Waals surface area contributed by atoms with Crippen LogP contribution in [0.5, 0.6) is 0 Å². The molecule has 1 N–H and O–H groups in total. The van der Waals surface area contributed by atoms with Crippen LogP contribution in [0.1, 0.15) is 18.1 Å². The predicted molar refractivity (Wildman–Crippen MR) is 83.1 cm³/mol. The van der Waals surface area contributed by atoms with E-state index in [0.29, 0.717) is 13.1 Å². The van der Waals surface area contributed by atoms with Gasteiger partial charge in [0.05, 0.1) is 0 Å². The lowest BCUT2D eigenvalue weighted by atomic mass is 10.1. The first kappa shape index (κ1) is 15.7. The molecule has 0 aromatic heterocycles. The summed E-state index contributed by atoms with van der Waals surface area (Å²) in [4.78, 5) is 1.74. The maximum atomic E-state index is 11.5. The van der Waals surface area contributed by atoms with Gasteiger partial charge in [0.1, 0.15) is 5.37 Å². The molecule has 0 heterocycles. The second-order valence-corrected chi connectivity index (χ2v) is 6.70. The largest absolute Gasteiger partial charge is 0.284 e. The van der Waals surface area contributed by atoms with E-state index in [1.807, 2.05) is 60.7 Å². The van der Waals surface area contributed by atoms with Crippen LogP contribution in [0.3, 0.4) is 0 Å². The first-order valence-electron chi connectivity index (χ1n) is 6.75. The van der Waals surface area contributed by atoms with Crippen LogP contribution < -0.4 is 0 Å². The second kappa shape index (κ2) is 6.85. The average Bonchev–Trinajstić information content (AvgIpc) is 2.47. The van der Waals surface area contributed by atoms with Crippen molar-refractivity contribution in [3.8, 4) is 0 Å². The fraction of sp³-hybridized carbons (Fsp3) is 0.250. The molecule has 1 atom stereocenters. The minimum Gasteiger partial charge on any atom is -0.284 e. The first-order chi connectivity index (χ1) is 9.97. The van der Waals surface area contributed by atoms with E-state index < -0.39 is 15.5 Å². The zero-order chi connectivity index (χ0) is 15.3. The van der Waals surface area contributed by atoms with Crippen molar-refractivity contribution in [3.05, 3.63) is 71.8 Å². The van der Waals surface area contributed by atoms with Gasteiger partial charge in [-0.25, -0.2) is 0 Å². The summed E-state index contributed by atoms with van der Waals surface area (Å²) >= 11 is 0. The van der Waals surface area contributed by atoms with Crippen LogP contribution >= 0.6 is 0 Å². The molecule has 5 heteroatoms. The first-order valence-corrected chi connectivity index (χ1v) is 8.25. The van der Waals surface area contributed by atoms with E-state index in [2.05, 4.69) is 0 Å². The molecular formula is C16H19NO3S. The minimum atomic E-state index is -4.12. The highest BCUT2D eigenvalue weighted by molar-refractivity contribution is 7.86. The van der Waals surface area contributed by atoms with Crippen molar-refractivity contribution in [2.75, 3.05) is 0 Å². The number of nitrogens with zero attached hydrogens (tertiary/aromatic N) is 1. The average molecular weight is 305 g/mol. The van der Waals surface area contributed by atoms with Crippen molar-refractivity contribution in [1.82, 2.24) is 4.90 Å². The van der Waals surface area contributed by atoms with E-state index in [4.69, 9.17) is 0 Å². The van der Waals surface area contributed by atoms with E-state index in [0.717, 1.165) is 11.1 Å². The summed E-state index contributed by atoms with van der Waals surface area (Å²) < 4.78 is 32.3. The molecule has 0 fully saturated rings. The summed E-state index contributed by atoms with van der Waals surface area (Å²) in [6, 6.07) is 19.2. The van der Waals surface area contributed by atoms with Crippen LogP contribution in [0.2, 0.25) is 0 Å². The van der Waals surface area contributed by atoms with Crippen molar-refractivity contribution >= 4 is 10.1 Å². The van der Waals surface area contributed by atoms with Crippen LogP contribution in [0.4, 0.5) is 0 Å². The molecule has 112 valence electrons. The maximum absolute atomic E-state index is 11.5. The van der Waals surface area contributed by atoms with E-state index in [1.165, 1.54) is 6.92 Å². The van der Waals surface area contributed by atoms with Gasteiger partial charge in [0.25, 0.3) is 10.1 Å². The molecule has 0 aliphatic heterocycles. The Balaban J connectivity index is 2.22. The quantitative estimate of drug-likeness (QED) is 0.834. The predicted octanol–water partition coefficient (Wildman–Crippen LogP) is 2.92. The molecule has 1 unspecified atom stereocenters. The Morgan fingerprint density at radius 2 is 1.29 bits per heavy atom. The zero-order valence-corrected chi connectivity index (χ0v) is 12.7. The molecule has 0 bridgehead atoms. The molecule has 2 aromatic carbocycles.